The lowest BCUT2D eigenvalue weighted by Crippen LogP contribution is -2.18. The van der Waals surface area contributed by atoms with E-state index in [1.165, 1.54) is 5.56 Å². The molecule has 3 rings (SSSR count). The number of nitrogens with one attached hydrogen (secondary N) is 1. The SMILES string of the molecule is CN(Cc1cccnc1)Cc1nc2ccc(N)cc2[nH]1. The van der Waals surface area contributed by atoms with E-state index in [0.717, 1.165) is 35.6 Å². The zero-order valence-electron chi connectivity index (χ0n) is 11.4. The molecule has 2 aromatic heterocycles. The third kappa shape index (κ3) is 2.78. The number of nitrogens with zero attached hydrogens (tertiary/aromatic N) is 3. The number of fused-ring (bicyclic) bond motifs is 1. The van der Waals surface area contributed by atoms with Gasteiger partial charge in [-0.2, -0.15) is 0 Å². The van der Waals surface area contributed by atoms with Crippen molar-refractivity contribution in [2.75, 3.05) is 12.8 Å². The van der Waals surface area contributed by atoms with Crippen molar-refractivity contribution in [1.82, 2.24) is 19.9 Å². The molecule has 0 saturated heterocycles. The second kappa shape index (κ2) is 5.30. The van der Waals surface area contributed by atoms with Crippen molar-refractivity contribution in [3.8, 4) is 0 Å². The van der Waals surface area contributed by atoms with Crippen LogP contribution in [-0.4, -0.2) is 26.9 Å². The van der Waals surface area contributed by atoms with Gasteiger partial charge in [-0.25, -0.2) is 4.98 Å². The highest BCUT2D eigenvalue weighted by molar-refractivity contribution is 5.78. The molecule has 0 aliphatic carbocycles. The standard InChI is InChI=1S/C15H17N5/c1-20(9-11-3-2-6-17-8-11)10-15-18-13-5-4-12(16)7-14(13)19-15/h2-8H,9-10,16H2,1H3,(H,18,19). The summed E-state index contributed by atoms with van der Waals surface area (Å²) >= 11 is 0. The minimum atomic E-state index is 0.747. The number of hydrogen-bond donors (Lipinski definition) is 2. The van der Waals surface area contributed by atoms with Crippen LogP contribution in [0.1, 0.15) is 11.4 Å². The van der Waals surface area contributed by atoms with Crippen LogP contribution in [0.3, 0.4) is 0 Å². The third-order valence-corrected chi connectivity index (χ3v) is 3.15. The Hall–Kier alpha value is -2.40. The number of anilines is 1. The van der Waals surface area contributed by atoms with Crippen LogP contribution >= 0.6 is 0 Å². The summed E-state index contributed by atoms with van der Waals surface area (Å²) < 4.78 is 0. The highest BCUT2D eigenvalue weighted by atomic mass is 15.1. The Balaban J connectivity index is 1.72. The number of H-pyrrole nitrogens is 1. The van der Waals surface area contributed by atoms with Gasteiger partial charge in [0.15, 0.2) is 0 Å². The van der Waals surface area contributed by atoms with Gasteiger partial charge in [0.2, 0.25) is 0 Å². The van der Waals surface area contributed by atoms with Crippen LogP contribution in [0.15, 0.2) is 42.7 Å². The number of imidazole rings is 1. The number of hydrogen-bond acceptors (Lipinski definition) is 4. The average molecular weight is 267 g/mol. The van der Waals surface area contributed by atoms with E-state index in [2.05, 4.69) is 33.0 Å². The maximum absolute atomic E-state index is 5.77. The maximum atomic E-state index is 5.77. The number of rotatable bonds is 4. The van der Waals surface area contributed by atoms with Gasteiger partial charge in [-0.05, 0) is 36.9 Å². The van der Waals surface area contributed by atoms with E-state index in [1.807, 2.05) is 30.5 Å². The summed E-state index contributed by atoms with van der Waals surface area (Å²) in [6.07, 6.45) is 3.67. The lowest BCUT2D eigenvalue weighted by Gasteiger charge is -2.14. The molecule has 102 valence electrons. The summed E-state index contributed by atoms with van der Waals surface area (Å²) in [5.74, 6) is 0.942. The van der Waals surface area contributed by atoms with Crippen LogP contribution < -0.4 is 5.73 Å². The minimum absolute atomic E-state index is 0.747. The third-order valence-electron chi connectivity index (χ3n) is 3.15. The molecular formula is C15H17N5. The highest BCUT2D eigenvalue weighted by Crippen LogP contribution is 2.16. The van der Waals surface area contributed by atoms with Gasteiger partial charge in [0.1, 0.15) is 5.82 Å². The van der Waals surface area contributed by atoms with Gasteiger partial charge in [-0.1, -0.05) is 6.07 Å². The number of nitrogen functional groups attached to an aromatic ring is 1. The van der Waals surface area contributed by atoms with Crippen molar-refractivity contribution in [3.63, 3.8) is 0 Å². The van der Waals surface area contributed by atoms with Crippen LogP contribution in [-0.2, 0) is 13.1 Å². The molecule has 5 nitrogen and oxygen atoms in total. The highest BCUT2D eigenvalue weighted by Gasteiger charge is 2.07. The Morgan fingerprint density at radius 3 is 2.95 bits per heavy atom. The molecule has 0 amide bonds. The van der Waals surface area contributed by atoms with Crippen LogP contribution in [0.4, 0.5) is 5.69 Å². The van der Waals surface area contributed by atoms with Gasteiger partial charge in [0, 0.05) is 24.6 Å². The Morgan fingerprint density at radius 2 is 2.15 bits per heavy atom. The Labute approximate surface area is 117 Å². The lowest BCUT2D eigenvalue weighted by molar-refractivity contribution is 0.311. The fraction of sp³-hybridized carbons (Fsp3) is 0.200. The van der Waals surface area contributed by atoms with Crippen LogP contribution in [0.2, 0.25) is 0 Å². The average Bonchev–Trinajstić information content (AvgIpc) is 2.80. The zero-order chi connectivity index (χ0) is 13.9. The molecule has 3 aromatic rings. The summed E-state index contributed by atoms with van der Waals surface area (Å²) in [7, 11) is 2.06. The molecule has 0 unspecified atom stereocenters. The maximum Gasteiger partial charge on any atom is 0.121 e. The number of aromatic nitrogens is 3. The van der Waals surface area contributed by atoms with Gasteiger partial charge < -0.3 is 10.7 Å². The Bertz CT molecular complexity index is 705. The van der Waals surface area contributed by atoms with E-state index >= 15 is 0 Å². The fourth-order valence-corrected chi connectivity index (χ4v) is 2.27. The van der Waals surface area contributed by atoms with Gasteiger partial charge in [0.25, 0.3) is 0 Å². The molecule has 0 aliphatic heterocycles. The molecule has 0 bridgehead atoms. The first-order valence-electron chi connectivity index (χ1n) is 6.52. The van der Waals surface area contributed by atoms with Crippen LogP contribution in [0.25, 0.3) is 11.0 Å². The molecular weight excluding hydrogens is 250 g/mol. The van der Waals surface area contributed by atoms with E-state index in [9.17, 15) is 0 Å². The smallest absolute Gasteiger partial charge is 0.121 e. The van der Waals surface area contributed by atoms with Crippen molar-refractivity contribution < 1.29 is 0 Å². The first kappa shape index (κ1) is 12.6. The molecule has 1 aromatic carbocycles. The Morgan fingerprint density at radius 1 is 1.25 bits per heavy atom. The van der Waals surface area contributed by atoms with E-state index in [1.54, 1.807) is 6.20 Å². The Kier molecular flexibility index (Phi) is 3.35. The topological polar surface area (TPSA) is 70.8 Å². The van der Waals surface area contributed by atoms with Crippen molar-refractivity contribution in [2.45, 2.75) is 13.1 Å². The van der Waals surface area contributed by atoms with E-state index in [0.29, 0.717) is 0 Å². The summed E-state index contributed by atoms with van der Waals surface area (Å²) in [5.41, 5.74) is 9.64. The first-order valence-corrected chi connectivity index (χ1v) is 6.52. The van der Waals surface area contributed by atoms with Crippen molar-refractivity contribution in [2.24, 2.45) is 0 Å². The van der Waals surface area contributed by atoms with Crippen LogP contribution in [0, 0.1) is 0 Å². The quantitative estimate of drug-likeness (QED) is 0.711. The van der Waals surface area contributed by atoms with Crippen molar-refractivity contribution in [1.29, 1.82) is 0 Å². The lowest BCUT2D eigenvalue weighted by atomic mass is 10.3. The van der Waals surface area contributed by atoms with Gasteiger partial charge >= 0.3 is 0 Å². The molecule has 2 heterocycles. The number of nitrogens with two attached hydrogens (primary N) is 1. The van der Waals surface area contributed by atoms with Crippen molar-refractivity contribution >= 4 is 16.7 Å². The summed E-state index contributed by atoms with van der Waals surface area (Å²) in [5, 5.41) is 0. The molecule has 0 aliphatic rings. The first-order chi connectivity index (χ1) is 9.70. The fourth-order valence-electron chi connectivity index (χ4n) is 2.27. The summed E-state index contributed by atoms with van der Waals surface area (Å²) in [6.45, 7) is 1.59. The second-order valence-electron chi connectivity index (χ2n) is 4.99. The van der Waals surface area contributed by atoms with Crippen molar-refractivity contribution in [3.05, 3.63) is 54.1 Å². The second-order valence-corrected chi connectivity index (χ2v) is 4.99. The molecule has 3 N–H and O–H groups in total. The molecule has 0 radical (unpaired) electrons. The minimum Gasteiger partial charge on any atom is -0.399 e. The van der Waals surface area contributed by atoms with Gasteiger partial charge in [0.05, 0.1) is 17.6 Å². The zero-order valence-corrected chi connectivity index (χ0v) is 11.4. The predicted octanol–water partition coefficient (Wildman–Crippen LogP) is 2.17. The van der Waals surface area contributed by atoms with E-state index < -0.39 is 0 Å². The monoisotopic (exact) mass is 267 g/mol. The van der Waals surface area contributed by atoms with Gasteiger partial charge in [-0.15, -0.1) is 0 Å². The number of benzene rings is 1. The molecule has 0 fully saturated rings. The largest absolute Gasteiger partial charge is 0.399 e. The summed E-state index contributed by atoms with van der Waals surface area (Å²) in [4.78, 5) is 14.2. The molecule has 0 saturated carbocycles. The summed E-state index contributed by atoms with van der Waals surface area (Å²) in [6, 6.07) is 9.74. The molecule has 20 heavy (non-hydrogen) atoms. The van der Waals surface area contributed by atoms with Crippen LogP contribution in [0.5, 0.6) is 0 Å². The van der Waals surface area contributed by atoms with E-state index in [4.69, 9.17) is 5.73 Å². The molecule has 0 spiro atoms. The number of aromatic amines is 1. The predicted molar refractivity (Wildman–Crippen MR) is 79.9 cm³/mol. The number of pyridine rings is 1. The molecule has 5 heteroatoms. The van der Waals surface area contributed by atoms with E-state index in [-0.39, 0.29) is 0 Å². The van der Waals surface area contributed by atoms with Gasteiger partial charge in [-0.3, -0.25) is 9.88 Å². The normalized spacial score (nSPS) is 11.3. The molecule has 0 atom stereocenters.